The van der Waals surface area contributed by atoms with Crippen LogP contribution >= 0.6 is 0 Å². The average molecular weight is 272 g/mol. The minimum atomic E-state index is 0.964. The Labute approximate surface area is 122 Å². The Balaban J connectivity index is 0.000000200. The molecule has 2 aromatic rings. The van der Waals surface area contributed by atoms with Crippen molar-refractivity contribution in [2.45, 2.75) is 27.7 Å². The van der Waals surface area contributed by atoms with Gasteiger partial charge in [-0.1, -0.05) is 29.8 Å². The van der Waals surface area contributed by atoms with E-state index in [1.165, 1.54) is 22.3 Å². The number of aryl methyl sites for hydroxylation is 3. The highest BCUT2D eigenvalue weighted by molar-refractivity contribution is 5.38. The predicted molar refractivity (Wildman–Crippen MR) is 84.9 cm³/mol. The highest BCUT2D eigenvalue weighted by Crippen LogP contribution is 2.19. The van der Waals surface area contributed by atoms with Crippen molar-refractivity contribution in [3.63, 3.8) is 0 Å². The summed E-state index contributed by atoms with van der Waals surface area (Å²) >= 11 is 0. The molecule has 0 radical (unpaired) electrons. The van der Waals surface area contributed by atoms with Crippen molar-refractivity contribution in [2.24, 2.45) is 0 Å². The molecule has 0 amide bonds. The van der Waals surface area contributed by atoms with Crippen LogP contribution in [0, 0.1) is 27.7 Å². The van der Waals surface area contributed by atoms with E-state index >= 15 is 0 Å². The lowest BCUT2D eigenvalue weighted by Crippen LogP contribution is -1.88. The first-order chi connectivity index (χ1) is 9.49. The fourth-order valence-electron chi connectivity index (χ4n) is 1.97. The summed E-state index contributed by atoms with van der Waals surface area (Å²) in [6.07, 6.45) is 0. The summed E-state index contributed by atoms with van der Waals surface area (Å²) < 4.78 is 10.2. The Morgan fingerprint density at radius 3 is 1.85 bits per heavy atom. The van der Waals surface area contributed by atoms with E-state index in [-0.39, 0.29) is 0 Å². The summed E-state index contributed by atoms with van der Waals surface area (Å²) in [5.41, 5.74) is 4.98. The molecule has 0 aliphatic heterocycles. The van der Waals surface area contributed by atoms with Gasteiger partial charge in [0.2, 0.25) is 0 Å². The minimum absolute atomic E-state index is 0.964. The number of hydrogen-bond acceptors (Lipinski definition) is 2. The monoisotopic (exact) mass is 272 g/mol. The molecule has 0 aliphatic carbocycles. The van der Waals surface area contributed by atoms with Crippen LogP contribution in [0.15, 0.2) is 36.4 Å². The SMILES string of the molecule is COc1ccc(C)cc1C.COc1cccc(C)c1C. The first-order valence-electron chi connectivity index (χ1n) is 6.71. The van der Waals surface area contributed by atoms with E-state index in [1.807, 2.05) is 31.2 Å². The third-order valence-corrected chi connectivity index (χ3v) is 3.33. The van der Waals surface area contributed by atoms with Gasteiger partial charge in [-0.25, -0.2) is 0 Å². The zero-order chi connectivity index (χ0) is 15.1. The zero-order valence-electron chi connectivity index (χ0n) is 13.3. The van der Waals surface area contributed by atoms with Crippen LogP contribution in [-0.2, 0) is 0 Å². The van der Waals surface area contributed by atoms with Crippen molar-refractivity contribution in [1.82, 2.24) is 0 Å². The van der Waals surface area contributed by atoms with Gasteiger partial charge in [0.05, 0.1) is 14.2 Å². The standard InChI is InChI=1S/2C9H12O/c1-7-4-5-9(10-3)8(2)6-7;1-7-5-4-6-9(10-3)8(7)2/h2*4-6H,1-3H3. The maximum atomic E-state index is 5.13. The largest absolute Gasteiger partial charge is 0.496 e. The van der Waals surface area contributed by atoms with Crippen LogP contribution in [-0.4, -0.2) is 14.2 Å². The first kappa shape index (κ1) is 16.1. The Hall–Kier alpha value is -1.96. The number of rotatable bonds is 2. The van der Waals surface area contributed by atoms with Crippen LogP contribution < -0.4 is 9.47 Å². The van der Waals surface area contributed by atoms with Gasteiger partial charge in [0.25, 0.3) is 0 Å². The van der Waals surface area contributed by atoms with Crippen molar-refractivity contribution < 1.29 is 9.47 Å². The van der Waals surface area contributed by atoms with Gasteiger partial charge in [-0.2, -0.15) is 0 Å². The van der Waals surface area contributed by atoms with Gasteiger partial charge < -0.3 is 9.47 Å². The number of benzene rings is 2. The molecule has 0 unspecified atom stereocenters. The summed E-state index contributed by atoms with van der Waals surface area (Å²) in [7, 11) is 3.39. The van der Waals surface area contributed by atoms with Gasteiger partial charge in [-0.15, -0.1) is 0 Å². The molecule has 2 aromatic carbocycles. The molecule has 0 saturated carbocycles. The Bertz CT molecular complexity index is 559. The minimum Gasteiger partial charge on any atom is -0.496 e. The molecular weight excluding hydrogens is 248 g/mol. The van der Waals surface area contributed by atoms with Crippen molar-refractivity contribution in [1.29, 1.82) is 0 Å². The van der Waals surface area contributed by atoms with Gasteiger partial charge >= 0.3 is 0 Å². The highest BCUT2D eigenvalue weighted by atomic mass is 16.5. The molecule has 0 spiro atoms. The van der Waals surface area contributed by atoms with Crippen LogP contribution in [0.25, 0.3) is 0 Å². The van der Waals surface area contributed by atoms with E-state index < -0.39 is 0 Å². The number of methoxy groups -OCH3 is 2. The fourth-order valence-corrected chi connectivity index (χ4v) is 1.97. The normalized spacial score (nSPS) is 9.50. The molecule has 0 heterocycles. The molecule has 0 saturated heterocycles. The zero-order valence-corrected chi connectivity index (χ0v) is 13.3. The lowest BCUT2D eigenvalue weighted by Gasteiger charge is -2.05. The van der Waals surface area contributed by atoms with Crippen molar-refractivity contribution in [2.75, 3.05) is 14.2 Å². The molecule has 108 valence electrons. The van der Waals surface area contributed by atoms with Crippen molar-refractivity contribution >= 4 is 0 Å². The smallest absolute Gasteiger partial charge is 0.122 e. The number of ether oxygens (including phenoxy) is 2. The van der Waals surface area contributed by atoms with Crippen LogP contribution in [0.2, 0.25) is 0 Å². The molecule has 0 aliphatic rings. The Kier molecular flexibility index (Phi) is 6.10. The van der Waals surface area contributed by atoms with E-state index in [1.54, 1.807) is 14.2 Å². The van der Waals surface area contributed by atoms with E-state index in [0.29, 0.717) is 0 Å². The third-order valence-electron chi connectivity index (χ3n) is 3.33. The molecule has 20 heavy (non-hydrogen) atoms. The van der Waals surface area contributed by atoms with Gasteiger partial charge in [0, 0.05) is 0 Å². The average Bonchev–Trinajstić information content (AvgIpc) is 2.43. The third kappa shape index (κ3) is 4.30. The fraction of sp³-hybridized carbons (Fsp3) is 0.333. The predicted octanol–water partition coefficient (Wildman–Crippen LogP) is 4.62. The topological polar surface area (TPSA) is 18.5 Å². The molecule has 2 rings (SSSR count). The van der Waals surface area contributed by atoms with Gasteiger partial charge in [-0.3, -0.25) is 0 Å². The molecular formula is C18H24O2. The second-order valence-corrected chi connectivity index (χ2v) is 4.88. The van der Waals surface area contributed by atoms with Crippen molar-refractivity contribution in [3.8, 4) is 11.5 Å². The lowest BCUT2D eigenvalue weighted by molar-refractivity contribution is 0.411. The molecule has 2 heteroatoms. The summed E-state index contributed by atoms with van der Waals surface area (Å²) in [6.45, 7) is 8.27. The highest BCUT2D eigenvalue weighted by Gasteiger charge is 1.97. The summed E-state index contributed by atoms with van der Waals surface area (Å²) in [4.78, 5) is 0. The summed E-state index contributed by atoms with van der Waals surface area (Å²) in [5, 5.41) is 0. The van der Waals surface area contributed by atoms with Gasteiger partial charge in [0.15, 0.2) is 0 Å². The Morgan fingerprint density at radius 1 is 0.700 bits per heavy atom. The van der Waals surface area contributed by atoms with Crippen LogP contribution in [0.4, 0.5) is 0 Å². The molecule has 0 fully saturated rings. The van der Waals surface area contributed by atoms with Crippen molar-refractivity contribution in [3.05, 3.63) is 58.7 Å². The van der Waals surface area contributed by atoms with Crippen LogP contribution in [0.3, 0.4) is 0 Å². The second-order valence-electron chi connectivity index (χ2n) is 4.88. The maximum absolute atomic E-state index is 5.13. The molecule has 0 N–H and O–H groups in total. The summed E-state index contributed by atoms with van der Waals surface area (Å²) in [5.74, 6) is 1.94. The van der Waals surface area contributed by atoms with E-state index in [2.05, 4.69) is 32.9 Å². The quantitative estimate of drug-likeness (QED) is 0.794. The lowest BCUT2D eigenvalue weighted by atomic mass is 10.1. The van der Waals surface area contributed by atoms with Gasteiger partial charge in [0.1, 0.15) is 11.5 Å². The second kappa shape index (κ2) is 7.59. The first-order valence-corrected chi connectivity index (χ1v) is 6.71. The number of hydrogen-bond donors (Lipinski definition) is 0. The molecule has 0 aromatic heterocycles. The van der Waals surface area contributed by atoms with E-state index in [9.17, 15) is 0 Å². The van der Waals surface area contributed by atoms with E-state index in [0.717, 1.165) is 11.5 Å². The Morgan fingerprint density at radius 2 is 1.35 bits per heavy atom. The van der Waals surface area contributed by atoms with Gasteiger partial charge in [-0.05, 0) is 56.5 Å². The van der Waals surface area contributed by atoms with E-state index in [4.69, 9.17) is 9.47 Å². The van der Waals surface area contributed by atoms with Crippen LogP contribution in [0.1, 0.15) is 22.3 Å². The van der Waals surface area contributed by atoms with Crippen LogP contribution in [0.5, 0.6) is 11.5 Å². The summed E-state index contributed by atoms with van der Waals surface area (Å²) in [6, 6.07) is 12.2. The molecule has 2 nitrogen and oxygen atoms in total. The molecule has 0 atom stereocenters. The maximum Gasteiger partial charge on any atom is 0.122 e. The molecule has 0 bridgehead atoms.